The number of halogens is 1. The van der Waals surface area contributed by atoms with Gasteiger partial charge in [-0.25, -0.2) is 4.98 Å². The van der Waals surface area contributed by atoms with Crippen LogP contribution >= 0.6 is 15.9 Å². The van der Waals surface area contributed by atoms with Crippen molar-refractivity contribution in [2.24, 2.45) is 0 Å². The van der Waals surface area contributed by atoms with Gasteiger partial charge in [0.2, 0.25) is 0 Å². The Kier molecular flexibility index (Phi) is 4.41. The molecule has 0 radical (unpaired) electrons. The average Bonchev–Trinajstić information content (AvgIpc) is 2.39. The van der Waals surface area contributed by atoms with E-state index in [4.69, 9.17) is 4.74 Å². The Morgan fingerprint density at radius 3 is 2.44 bits per heavy atom. The SMILES string of the molecule is COC1(c2ccc(Br)nc2)CCN(C(C)C)CC1. The topological polar surface area (TPSA) is 25.4 Å². The zero-order valence-electron chi connectivity index (χ0n) is 11.3. The number of pyridine rings is 1. The molecule has 0 spiro atoms. The fourth-order valence-corrected chi connectivity index (χ4v) is 2.89. The van der Waals surface area contributed by atoms with Crippen LogP contribution in [0, 0.1) is 0 Å². The molecule has 0 aromatic carbocycles. The summed E-state index contributed by atoms with van der Waals surface area (Å²) >= 11 is 3.38. The van der Waals surface area contributed by atoms with E-state index in [9.17, 15) is 0 Å². The number of rotatable bonds is 3. The van der Waals surface area contributed by atoms with E-state index in [2.05, 4.69) is 45.7 Å². The fraction of sp³-hybridized carbons (Fsp3) is 0.643. The normalized spacial score (nSPS) is 20.3. The summed E-state index contributed by atoms with van der Waals surface area (Å²) < 4.78 is 6.72. The smallest absolute Gasteiger partial charge is 0.106 e. The molecule has 0 N–H and O–H groups in total. The lowest BCUT2D eigenvalue weighted by Gasteiger charge is -2.42. The summed E-state index contributed by atoms with van der Waals surface area (Å²) in [6.45, 7) is 6.67. The van der Waals surface area contributed by atoms with Crippen LogP contribution < -0.4 is 0 Å². The van der Waals surface area contributed by atoms with E-state index >= 15 is 0 Å². The summed E-state index contributed by atoms with van der Waals surface area (Å²) in [5.74, 6) is 0. The Morgan fingerprint density at radius 2 is 2.00 bits per heavy atom. The summed E-state index contributed by atoms with van der Waals surface area (Å²) in [5, 5.41) is 0. The van der Waals surface area contributed by atoms with Crippen molar-refractivity contribution in [2.75, 3.05) is 20.2 Å². The Labute approximate surface area is 118 Å². The predicted molar refractivity (Wildman–Crippen MR) is 76.6 cm³/mol. The molecule has 0 amide bonds. The highest BCUT2D eigenvalue weighted by molar-refractivity contribution is 9.10. The molecular formula is C14H21BrN2O. The van der Waals surface area contributed by atoms with Crippen molar-refractivity contribution >= 4 is 15.9 Å². The van der Waals surface area contributed by atoms with Gasteiger partial charge in [-0.3, -0.25) is 0 Å². The van der Waals surface area contributed by atoms with E-state index in [1.165, 1.54) is 5.56 Å². The molecule has 3 nitrogen and oxygen atoms in total. The van der Waals surface area contributed by atoms with Crippen LogP contribution in [-0.4, -0.2) is 36.1 Å². The van der Waals surface area contributed by atoms with Crippen molar-refractivity contribution in [3.8, 4) is 0 Å². The molecule has 1 fully saturated rings. The molecule has 0 aliphatic carbocycles. The summed E-state index contributed by atoms with van der Waals surface area (Å²) in [6.07, 6.45) is 3.99. The molecule has 2 rings (SSSR count). The maximum absolute atomic E-state index is 5.85. The average molecular weight is 313 g/mol. The van der Waals surface area contributed by atoms with Crippen molar-refractivity contribution < 1.29 is 4.74 Å². The monoisotopic (exact) mass is 312 g/mol. The van der Waals surface area contributed by atoms with Crippen LogP contribution in [-0.2, 0) is 10.3 Å². The van der Waals surface area contributed by atoms with Gasteiger partial charge in [0.25, 0.3) is 0 Å². The van der Waals surface area contributed by atoms with Gasteiger partial charge in [-0.1, -0.05) is 6.07 Å². The summed E-state index contributed by atoms with van der Waals surface area (Å²) in [5.41, 5.74) is 1.04. The second kappa shape index (κ2) is 5.68. The van der Waals surface area contributed by atoms with Gasteiger partial charge >= 0.3 is 0 Å². The molecule has 1 aromatic rings. The molecule has 100 valence electrons. The molecule has 1 saturated heterocycles. The van der Waals surface area contributed by atoms with E-state index < -0.39 is 0 Å². The second-order valence-corrected chi connectivity index (χ2v) is 6.01. The van der Waals surface area contributed by atoms with Crippen LogP contribution in [0.3, 0.4) is 0 Å². The molecule has 0 unspecified atom stereocenters. The number of likely N-dealkylation sites (tertiary alicyclic amines) is 1. The molecule has 0 atom stereocenters. The first kappa shape index (κ1) is 14.0. The molecule has 18 heavy (non-hydrogen) atoms. The van der Waals surface area contributed by atoms with Crippen molar-refractivity contribution in [3.05, 3.63) is 28.5 Å². The van der Waals surface area contributed by atoms with Crippen LogP contribution in [0.1, 0.15) is 32.3 Å². The third-order valence-electron chi connectivity index (χ3n) is 3.98. The van der Waals surface area contributed by atoms with Crippen LogP contribution in [0.4, 0.5) is 0 Å². The molecule has 1 aromatic heterocycles. The Bertz CT molecular complexity index is 383. The van der Waals surface area contributed by atoms with E-state index in [0.29, 0.717) is 6.04 Å². The molecule has 1 aliphatic heterocycles. The first-order chi connectivity index (χ1) is 8.57. The van der Waals surface area contributed by atoms with Gasteiger partial charge in [0, 0.05) is 38.0 Å². The van der Waals surface area contributed by atoms with Crippen LogP contribution in [0.5, 0.6) is 0 Å². The second-order valence-electron chi connectivity index (χ2n) is 5.20. The number of methoxy groups -OCH3 is 1. The minimum atomic E-state index is -0.154. The highest BCUT2D eigenvalue weighted by atomic mass is 79.9. The number of nitrogens with zero attached hydrogens (tertiary/aromatic N) is 2. The first-order valence-corrected chi connectivity index (χ1v) is 7.28. The third-order valence-corrected chi connectivity index (χ3v) is 4.45. The molecule has 4 heteroatoms. The van der Waals surface area contributed by atoms with E-state index in [-0.39, 0.29) is 5.60 Å². The predicted octanol–water partition coefficient (Wildman–Crippen LogP) is 3.19. The van der Waals surface area contributed by atoms with E-state index in [0.717, 1.165) is 30.5 Å². The zero-order valence-corrected chi connectivity index (χ0v) is 12.9. The van der Waals surface area contributed by atoms with Crippen LogP contribution in [0.2, 0.25) is 0 Å². The lowest BCUT2D eigenvalue weighted by Crippen LogP contribution is -2.46. The van der Waals surface area contributed by atoms with Gasteiger partial charge in [0.05, 0.1) is 5.60 Å². The molecule has 0 bridgehead atoms. The Balaban J connectivity index is 2.16. The lowest BCUT2D eigenvalue weighted by atomic mass is 9.84. The van der Waals surface area contributed by atoms with E-state index in [1.54, 1.807) is 0 Å². The lowest BCUT2D eigenvalue weighted by molar-refractivity contribution is -0.0671. The summed E-state index contributed by atoms with van der Waals surface area (Å²) in [7, 11) is 1.81. The number of aromatic nitrogens is 1. The van der Waals surface area contributed by atoms with Crippen molar-refractivity contribution in [3.63, 3.8) is 0 Å². The standard InChI is InChI=1S/C14H21BrN2O/c1-11(2)17-8-6-14(18-3,7-9-17)12-4-5-13(15)16-10-12/h4-5,10-11H,6-9H2,1-3H3. The van der Waals surface area contributed by atoms with Gasteiger partial charge in [0.15, 0.2) is 0 Å². The fourth-order valence-electron chi connectivity index (χ4n) is 2.66. The minimum Gasteiger partial charge on any atom is -0.373 e. The van der Waals surface area contributed by atoms with Gasteiger partial charge in [0.1, 0.15) is 4.60 Å². The van der Waals surface area contributed by atoms with E-state index in [1.807, 2.05) is 19.4 Å². The Morgan fingerprint density at radius 1 is 1.33 bits per heavy atom. The zero-order chi connectivity index (χ0) is 13.2. The maximum atomic E-state index is 5.85. The molecular weight excluding hydrogens is 292 g/mol. The van der Waals surface area contributed by atoms with Gasteiger partial charge in [-0.15, -0.1) is 0 Å². The molecule has 0 saturated carbocycles. The number of hydrogen-bond acceptors (Lipinski definition) is 3. The highest BCUT2D eigenvalue weighted by Crippen LogP contribution is 2.36. The number of ether oxygens (including phenoxy) is 1. The van der Waals surface area contributed by atoms with Gasteiger partial charge < -0.3 is 9.64 Å². The largest absolute Gasteiger partial charge is 0.373 e. The minimum absolute atomic E-state index is 0.154. The molecule has 2 heterocycles. The highest BCUT2D eigenvalue weighted by Gasteiger charge is 2.37. The van der Waals surface area contributed by atoms with Gasteiger partial charge in [-0.2, -0.15) is 0 Å². The van der Waals surface area contributed by atoms with Gasteiger partial charge in [-0.05, 0) is 48.7 Å². The summed E-state index contributed by atoms with van der Waals surface area (Å²) in [4.78, 5) is 6.83. The third kappa shape index (κ3) is 2.76. The van der Waals surface area contributed by atoms with Crippen molar-refractivity contribution in [1.29, 1.82) is 0 Å². The quantitative estimate of drug-likeness (QED) is 0.801. The van der Waals surface area contributed by atoms with Crippen molar-refractivity contribution in [1.82, 2.24) is 9.88 Å². The Hall–Kier alpha value is -0.450. The number of piperidine rings is 1. The first-order valence-electron chi connectivity index (χ1n) is 6.48. The molecule has 1 aliphatic rings. The summed E-state index contributed by atoms with van der Waals surface area (Å²) in [6, 6.07) is 4.72. The van der Waals surface area contributed by atoms with Crippen molar-refractivity contribution in [2.45, 2.75) is 38.3 Å². The number of hydrogen-bond donors (Lipinski definition) is 0. The van der Waals surface area contributed by atoms with Crippen LogP contribution in [0.15, 0.2) is 22.9 Å². The maximum Gasteiger partial charge on any atom is 0.106 e. The van der Waals surface area contributed by atoms with Crippen LogP contribution in [0.25, 0.3) is 0 Å².